The minimum atomic E-state index is -0.989. The van der Waals surface area contributed by atoms with Gasteiger partial charge in [0.25, 0.3) is 0 Å². The lowest BCUT2D eigenvalue weighted by molar-refractivity contribution is 0.0690. The summed E-state index contributed by atoms with van der Waals surface area (Å²) in [7, 11) is 0. The zero-order valence-corrected chi connectivity index (χ0v) is 10.1. The Labute approximate surface area is 109 Å². The molecule has 2 N–H and O–H groups in total. The monoisotopic (exact) mass is 252 g/mol. The van der Waals surface area contributed by atoms with Gasteiger partial charge in [0.1, 0.15) is 5.69 Å². The standard InChI is InChI=1S/C15H12N2O2/c18-15(19)14-9-12(16-17-14)8-11-6-3-5-10-4-1-2-7-13(10)11/h1-7,9H,8H2,(H,16,17)(H,18,19). The predicted molar refractivity (Wildman–Crippen MR) is 72.3 cm³/mol. The summed E-state index contributed by atoms with van der Waals surface area (Å²) in [6, 6.07) is 15.8. The van der Waals surface area contributed by atoms with Gasteiger partial charge in [-0.05, 0) is 22.4 Å². The van der Waals surface area contributed by atoms with Crippen LogP contribution >= 0.6 is 0 Å². The number of fused-ring (bicyclic) bond motifs is 1. The van der Waals surface area contributed by atoms with E-state index in [2.05, 4.69) is 28.4 Å². The first-order valence-corrected chi connectivity index (χ1v) is 5.98. The van der Waals surface area contributed by atoms with Crippen LogP contribution in [0.2, 0.25) is 0 Å². The highest BCUT2D eigenvalue weighted by Gasteiger charge is 2.09. The molecule has 4 nitrogen and oxygen atoms in total. The second-order valence-electron chi connectivity index (χ2n) is 4.39. The molecule has 94 valence electrons. The van der Waals surface area contributed by atoms with E-state index in [0.717, 1.165) is 11.3 Å². The molecule has 0 unspecified atom stereocenters. The van der Waals surface area contributed by atoms with Crippen molar-refractivity contribution in [3.8, 4) is 0 Å². The molecule has 0 fully saturated rings. The maximum absolute atomic E-state index is 10.8. The summed E-state index contributed by atoms with van der Waals surface area (Å²) < 4.78 is 0. The third-order valence-electron chi connectivity index (χ3n) is 3.11. The number of hydrogen-bond donors (Lipinski definition) is 2. The van der Waals surface area contributed by atoms with E-state index in [1.807, 2.05) is 24.3 Å². The molecule has 4 heteroatoms. The number of aromatic nitrogens is 2. The van der Waals surface area contributed by atoms with Gasteiger partial charge >= 0.3 is 5.97 Å². The molecule has 0 radical (unpaired) electrons. The van der Waals surface area contributed by atoms with E-state index in [1.54, 1.807) is 6.07 Å². The van der Waals surface area contributed by atoms with Crippen LogP contribution in [0.25, 0.3) is 10.8 Å². The van der Waals surface area contributed by atoms with Gasteiger partial charge in [-0.15, -0.1) is 0 Å². The molecule has 1 aromatic heterocycles. The minimum absolute atomic E-state index is 0.121. The molecule has 0 bridgehead atoms. The second kappa shape index (κ2) is 4.57. The quantitative estimate of drug-likeness (QED) is 0.753. The van der Waals surface area contributed by atoms with Gasteiger partial charge in [-0.3, -0.25) is 5.10 Å². The molecule has 0 spiro atoms. The van der Waals surface area contributed by atoms with Crippen molar-refractivity contribution in [2.45, 2.75) is 6.42 Å². The highest BCUT2D eigenvalue weighted by atomic mass is 16.4. The van der Waals surface area contributed by atoms with Crippen molar-refractivity contribution in [3.63, 3.8) is 0 Å². The van der Waals surface area contributed by atoms with E-state index in [9.17, 15) is 4.79 Å². The molecule has 0 saturated heterocycles. The van der Waals surface area contributed by atoms with Crippen LogP contribution in [-0.2, 0) is 6.42 Å². The van der Waals surface area contributed by atoms with Gasteiger partial charge in [0.15, 0.2) is 0 Å². The first-order chi connectivity index (χ1) is 9.24. The number of carboxylic acid groups (broad SMARTS) is 1. The summed E-state index contributed by atoms with van der Waals surface area (Å²) in [6.07, 6.45) is 0.616. The zero-order valence-electron chi connectivity index (χ0n) is 10.1. The Morgan fingerprint density at radius 3 is 2.74 bits per heavy atom. The SMILES string of the molecule is O=C(O)c1cc(Cc2cccc3ccccc23)n[nH]1. The predicted octanol–water partition coefficient (Wildman–Crippen LogP) is 2.85. The largest absolute Gasteiger partial charge is 0.477 e. The Morgan fingerprint density at radius 2 is 1.95 bits per heavy atom. The smallest absolute Gasteiger partial charge is 0.353 e. The Hall–Kier alpha value is -2.62. The average Bonchev–Trinajstić information content (AvgIpc) is 2.88. The second-order valence-corrected chi connectivity index (χ2v) is 4.39. The molecule has 0 saturated carbocycles. The van der Waals surface area contributed by atoms with E-state index in [4.69, 9.17) is 5.11 Å². The number of carbonyl (C=O) groups is 1. The minimum Gasteiger partial charge on any atom is -0.477 e. The third-order valence-corrected chi connectivity index (χ3v) is 3.11. The van der Waals surface area contributed by atoms with Gasteiger partial charge in [-0.25, -0.2) is 4.79 Å². The molecule has 0 aliphatic heterocycles. The molecule has 0 amide bonds. The lowest BCUT2D eigenvalue weighted by Gasteiger charge is -2.04. The first kappa shape index (κ1) is 11.5. The van der Waals surface area contributed by atoms with Gasteiger partial charge in [-0.2, -0.15) is 5.10 Å². The fraction of sp³-hybridized carbons (Fsp3) is 0.0667. The van der Waals surface area contributed by atoms with Crippen LogP contribution in [0, 0.1) is 0 Å². The summed E-state index contributed by atoms with van der Waals surface area (Å²) >= 11 is 0. The van der Waals surface area contributed by atoms with Crippen molar-refractivity contribution in [3.05, 3.63) is 65.5 Å². The van der Waals surface area contributed by atoms with Crippen LogP contribution in [-0.4, -0.2) is 21.3 Å². The maximum Gasteiger partial charge on any atom is 0.353 e. The number of aromatic amines is 1. The van der Waals surface area contributed by atoms with E-state index in [1.165, 1.54) is 10.8 Å². The number of hydrogen-bond acceptors (Lipinski definition) is 2. The Bertz CT molecular complexity index is 741. The van der Waals surface area contributed by atoms with Crippen LogP contribution < -0.4 is 0 Å². The van der Waals surface area contributed by atoms with Crippen LogP contribution in [0.4, 0.5) is 0 Å². The van der Waals surface area contributed by atoms with Crippen LogP contribution in [0.3, 0.4) is 0 Å². The summed E-state index contributed by atoms with van der Waals surface area (Å²) in [5.74, 6) is -0.989. The van der Waals surface area contributed by atoms with E-state index >= 15 is 0 Å². The van der Waals surface area contributed by atoms with Gasteiger partial charge in [0.2, 0.25) is 0 Å². The Morgan fingerprint density at radius 1 is 1.16 bits per heavy atom. The fourth-order valence-corrected chi connectivity index (χ4v) is 2.21. The third kappa shape index (κ3) is 2.20. The molecular weight excluding hydrogens is 240 g/mol. The topological polar surface area (TPSA) is 66.0 Å². The lowest BCUT2D eigenvalue weighted by Crippen LogP contribution is -1.95. The van der Waals surface area contributed by atoms with E-state index < -0.39 is 5.97 Å². The number of nitrogens with one attached hydrogen (secondary N) is 1. The molecule has 0 atom stereocenters. The number of rotatable bonds is 3. The highest BCUT2D eigenvalue weighted by Crippen LogP contribution is 2.20. The zero-order chi connectivity index (χ0) is 13.2. The number of carboxylic acids is 1. The molecule has 0 aliphatic carbocycles. The number of H-pyrrole nitrogens is 1. The Kier molecular flexibility index (Phi) is 2.76. The van der Waals surface area contributed by atoms with Crippen molar-refractivity contribution >= 4 is 16.7 Å². The van der Waals surface area contributed by atoms with Crippen LogP contribution in [0.5, 0.6) is 0 Å². The summed E-state index contributed by atoms with van der Waals surface area (Å²) in [5.41, 5.74) is 1.99. The number of aromatic carboxylic acids is 1. The van der Waals surface area contributed by atoms with Crippen molar-refractivity contribution < 1.29 is 9.90 Å². The van der Waals surface area contributed by atoms with Gasteiger partial charge in [0, 0.05) is 6.42 Å². The normalized spacial score (nSPS) is 10.7. The Balaban J connectivity index is 1.98. The molecule has 19 heavy (non-hydrogen) atoms. The first-order valence-electron chi connectivity index (χ1n) is 5.98. The fourth-order valence-electron chi connectivity index (χ4n) is 2.21. The molecule has 1 heterocycles. The van der Waals surface area contributed by atoms with Crippen molar-refractivity contribution in [2.24, 2.45) is 0 Å². The number of nitrogens with zero attached hydrogens (tertiary/aromatic N) is 1. The van der Waals surface area contributed by atoms with Crippen molar-refractivity contribution in [1.29, 1.82) is 0 Å². The van der Waals surface area contributed by atoms with Crippen LogP contribution in [0.15, 0.2) is 48.5 Å². The summed E-state index contributed by atoms with van der Waals surface area (Å²) in [4.78, 5) is 10.8. The van der Waals surface area contributed by atoms with E-state index in [0.29, 0.717) is 6.42 Å². The summed E-state index contributed by atoms with van der Waals surface area (Å²) in [5, 5.41) is 17.8. The lowest BCUT2D eigenvalue weighted by atomic mass is 10.0. The molecule has 3 rings (SSSR count). The highest BCUT2D eigenvalue weighted by molar-refractivity contribution is 5.86. The molecule has 0 aliphatic rings. The van der Waals surface area contributed by atoms with Crippen molar-refractivity contribution in [2.75, 3.05) is 0 Å². The van der Waals surface area contributed by atoms with E-state index in [-0.39, 0.29) is 5.69 Å². The maximum atomic E-state index is 10.8. The van der Waals surface area contributed by atoms with Gasteiger partial charge in [-0.1, -0.05) is 42.5 Å². The van der Waals surface area contributed by atoms with Gasteiger partial charge < -0.3 is 5.11 Å². The average molecular weight is 252 g/mol. The molecule has 3 aromatic rings. The van der Waals surface area contributed by atoms with Crippen LogP contribution in [0.1, 0.15) is 21.7 Å². The van der Waals surface area contributed by atoms with Gasteiger partial charge in [0.05, 0.1) is 5.69 Å². The number of benzene rings is 2. The molecule has 2 aromatic carbocycles. The molecular formula is C15H12N2O2. The van der Waals surface area contributed by atoms with Crippen molar-refractivity contribution in [1.82, 2.24) is 10.2 Å². The summed E-state index contributed by atoms with van der Waals surface area (Å²) in [6.45, 7) is 0.